The highest BCUT2D eigenvalue weighted by atomic mass is 16.2. The maximum absolute atomic E-state index is 12.4. The molecule has 0 saturated heterocycles. The lowest BCUT2D eigenvalue weighted by molar-refractivity contribution is 0.360. The molecular weight excluding hydrogens is 256 g/mol. The summed E-state index contributed by atoms with van der Waals surface area (Å²) >= 11 is 0. The fourth-order valence-electron chi connectivity index (χ4n) is 3.28. The molecule has 0 bridgehead atoms. The predicted octanol–water partition coefficient (Wildman–Crippen LogP) is 1.18. The Morgan fingerprint density at radius 3 is 2.55 bits per heavy atom. The van der Waals surface area contributed by atoms with Crippen molar-refractivity contribution in [2.45, 2.75) is 39.2 Å². The topological polar surface area (TPSA) is 61.8 Å². The minimum absolute atomic E-state index is 0.259. The molecule has 6 heteroatoms. The monoisotopic (exact) mass is 276 g/mol. The highest BCUT2D eigenvalue weighted by molar-refractivity contribution is 5.70. The molecule has 1 aliphatic carbocycles. The van der Waals surface area contributed by atoms with Crippen molar-refractivity contribution < 1.29 is 0 Å². The van der Waals surface area contributed by atoms with E-state index in [4.69, 9.17) is 0 Å². The van der Waals surface area contributed by atoms with E-state index in [1.807, 2.05) is 4.57 Å². The van der Waals surface area contributed by atoms with Gasteiger partial charge in [-0.25, -0.2) is 9.78 Å². The molecule has 0 aliphatic heterocycles. The molecule has 1 fully saturated rings. The molecule has 0 N–H and O–H groups in total. The lowest BCUT2D eigenvalue weighted by Crippen LogP contribution is -2.37. The third-order valence-corrected chi connectivity index (χ3v) is 4.51. The highest BCUT2D eigenvalue weighted by Gasteiger charge is 2.33. The quantitative estimate of drug-likeness (QED) is 0.786. The SMILES string of the molecule is Cn1c(=O)c2c(ncn2C2CCC(C)(C)C2)n(C)c1=O. The van der Waals surface area contributed by atoms with Crippen molar-refractivity contribution >= 4 is 11.2 Å². The second-order valence-corrected chi connectivity index (χ2v) is 6.59. The number of aromatic nitrogens is 4. The van der Waals surface area contributed by atoms with Crippen LogP contribution in [0.3, 0.4) is 0 Å². The summed E-state index contributed by atoms with van der Waals surface area (Å²) in [5.41, 5.74) is 0.720. The van der Waals surface area contributed by atoms with Crippen LogP contribution in [0.2, 0.25) is 0 Å². The second-order valence-electron chi connectivity index (χ2n) is 6.59. The minimum Gasteiger partial charge on any atom is -0.322 e. The van der Waals surface area contributed by atoms with Crippen LogP contribution in [0.4, 0.5) is 0 Å². The molecule has 108 valence electrons. The van der Waals surface area contributed by atoms with Crippen LogP contribution in [0.1, 0.15) is 39.2 Å². The van der Waals surface area contributed by atoms with E-state index in [0.29, 0.717) is 22.6 Å². The molecule has 6 nitrogen and oxygen atoms in total. The van der Waals surface area contributed by atoms with E-state index in [9.17, 15) is 9.59 Å². The first-order valence-electron chi connectivity index (χ1n) is 6.94. The Balaban J connectivity index is 2.25. The van der Waals surface area contributed by atoms with Crippen LogP contribution in [0.25, 0.3) is 11.2 Å². The largest absolute Gasteiger partial charge is 0.332 e. The number of imidazole rings is 1. The van der Waals surface area contributed by atoms with Gasteiger partial charge in [-0.2, -0.15) is 0 Å². The van der Waals surface area contributed by atoms with Gasteiger partial charge in [-0.05, 0) is 24.7 Å². The molecule has 0 aromatic carbocycles. The fraction of sp³-hybridized carbons (Fsp3) is 0.643. The number of rotatable bonds is 1. The molecule has 1 unspecified atom stereocenters. The zero-order chi connectivity index (χ0) is 14.7. The van der Waals surface area contributed by atoms with Crippen LogP contribution in [-0.4, -0.2) is 18.7 Å². The molecular formula is C14H20N4O2. The van der Waals surface area contributed by atoms with Gasteiger partial charge in [0.1, 0.15) is 0 Å². The van der Waals surface area contributed by atoms with E-state index in [1.54, 1.807) is 13.4 Å². The van der Waals surface area contributed by atoms with Crippen molar-refractivity contribution in [2.75, 3.05) is 0 Å². The van der Waals surface area contributed by atoms with Crippen LogP contribution in [0.15, 0.2) is 15.9 Å². The second kappa shape index (κ2) is 4.07. The zero-order valence-electron chi connectivity index (χ0n) is 12.4. The highest BCUT2D eigenvalue weighted by Crippen LogP contribution is 2.43. The van der Waals surface area contributed by atoms with Crippen LogP contribution in [0, 0.1) is 5.41 Å². The third-order valence-electron chi connectivity index (χ3n) is 4.51. The molecule has 1 saturated carbocycles. The minimum atomic E-state index is -0.334. The summed E-state index contributed by atoms with van der Waals surface area (Å²) in [6.45, 7) is 4.50. The van der Waals surface area contributed by atoms with Crippen molar-refractivity contribution in [3.8, 4) is 0 Å². The summed E-state index contributed by atoms with van der Waals surface area (Å²) in [6, 6.07) is 0.292. The summed E-state index contributed by atoms with van der Waals surface area (Å²) in [7, 11) is 3.17. The first-order chi connectivity index (χ1) is 9.32. The smallest absolute Gasteiger partial charge is 0.322 e. The van der Waals surface area contributed by atoms with E-state index in [1.165, 1.54) is 11.6 Å². The average molecular weight is 276 g/mol. The Morgan fingerprint density at radius 2 is 1.95 bits per heavy atom. The van der Waals surface area contributed by atoms with Gasteiger partial charge in [-0.15, -0.1) is 0 Å². The van der Waals surface area contributed by atoms with Crippen molar-refractivity contribution in [2.24, 2.45) is 19.5 Å². The zero-order valence-corrected chi connectivity index (χ0v) is 12.4. The van der Waals surface area contributed by atoms with E-state index in [-0.39, 0.29) is 11.2 Å². The van der Waals surface area contributed by atoms with Gasteiger partial charge in [-0.1, -0.05) is 13.8 Å². The molecule has 2 aromatic rings. The van der Waals surface area contributed by atoms with Gasteiger partial charge in [0.2, 0.25) is 0 Å². The molecule has 2 aromatic heterocycles. The maximum Gasteiger partial charge on any atom is 0.332 e. The lowest BCUT2D eigenvalue weighted by Gasteiger charge is -2.18. The molecule has 1 atom stereocenters. The fourth-order valence-corrected chi connectivity index (χ4v) is 3.28. The van der Waals surface area contributed by atoms with E-state index < -0.39 is 0 Å². The normalized spacial score (nSPS) is 21.7. The Labute approximate surface area is 116 Å². The first kappa shape index (κ1) is 13.1. The van der Waals surface area contributed by atoms with Gasteiger partial charge in [-0.3, -0.25) is 13.9 Å². The molecule has 1 aliphatic rings. The summed E-state index contributed by atoms with van der Waals surface area (Å²) in [6.07, 6.45) is 4.93. The van der Waals surface area contributed by atoms with Gasteiger partial charge < -0.3 is 4.57 Å². The Hall–Kier alpha value is -1.85. The molecule has 0 amide bonds. The number of hydrogen-bond donors (Lipinski definition) is 0. The van der Waals surface area contributed by atoms with E-state index >= 15 is 0 Å². The standard InChI is InChI=1S/C14H20N4O2/c1-14(2)6-5-9(7-14)18-8-15-11-10(18)12(19)17(4)13(20)16(11)3/h8-9H,5-7H2,1-4H3. The van der Waals surface area contributed by atoms with Crippen molar-refractivity contribution in [3.63, 3.8) is 0 Å². The van der Waals surface area contributed by atoms with Crippen molar-refractivity contribution in [3.05, 3.63) is 27.2 Å². The average Bonchev–Trinajstić information content (AvgIpc) is 2.97. The number of nitrogens with zero attached hydrogens (tertiary/aromatic N) is 4. The molecule has 0 radical (unpaired) electrons. The van der Waals surface area contributed by atoms with Gasteiger partial charge in [0, 0.05) is 20.1 Å². The van der Waals surface area contributed by atoms with Crippen LogP contribution >= 0.6 is 0 Å². The van der Waals surface area contributed by atoms with Crippen molar-refractivity contribution in [1.82, 2.24) is 18.7 Å². The van der Waals surface area contributed by atoms with Crippen LogP contribution < -0.4 is 11.2 Å². The summed E-state index contributed by atoms with van der Waals surface area (Å²) in [5, 5.41) is 0. The van der Waals surface area contributed by atoms with E-state index in [0.717, 1.165) is 23.8 Å². The van der Waals surface area contributed by atoms with Gasteiger partial charge in [0.25, 0.3) is 5.56 Å². The lowest BCUT2D eigenvalue weighted by atomic mass is 9.92. The van der Waals surface area contributed by atoms with Crippen LogP contribution in [0.5, 0.6) is 0 Å². The summed E-state index contributed by atoms with van der Waals surface area (Å²) in [5.74, 6) is 0. The van der Waals surface area contributed by atoms with Gasteiger partial charge in [0.15, 0.2) is 11.2 Å². The Bertz CT molecular complexity index is 794. The molecule has 0 spiro atoms. The number of fused-ring (bicyclic) bond motifs is 1. The summed E-state index contributed by atoms with van der Waals surface area (Å²) < 4.78 is 4.56. The van der Waals surface area contributed by atoms with Crippen molar-refractivity contribution in [1.29, 1.82) is 0 Å². The third kappa shape index (κ3) is 1.74. The van der Waals surface area contributed by atoms with Gasteiger partial charge in [0.05, 0.1) is 6.33 Å². The van der Waals surface area contributed by atoms with E-state index in [2.05, 4.69) is 18.8 Å². The van der Waals surface area contributed by atoms with Crippen LogP contribution in [-0.2, 0) is 14.1 Å². The van der Waals surface area contributed by atoms with Gasteiger partial charge >= 0.3 is 5.69 Å². The molecule has 3 rings (SSSR count). The summed E-state index contributed by atoms with van der Waals surface area (Å²) in [4.78, 5) is 28.6. The molecule has 2 heterocycles. The number of hydrogen-bond acceptors (Lipinski definition) is 3. The Morgan fingerprint density at radius 1 is 1.25 bits per heavy atom. The predicted molar refractivity (Wildman–Crippen MR) is 76.9 cm³/mol. The Kier molecular flexibility index (Phi) is 2.68. The number of aryl methyl sites for hydroxylation is 1. The molecule has 20 heavy (non-hydrogen) atoms. The maximum atomic E-state index is 12.4. The first-order valence-corrected chi connectivity index (χ1v) is 6.94.